The zero-order valence-electron chi connectivity index (χ0n) is 14.6. The van der Waals surface area contributed by atoms with Gasteiger partial charge in [-0.3, -0.25) is 4.79 Å². The van der Waals surface area contributed by atoms with Crippen molar-refractivity contribution in [1.82, 2.24) is 15.2 Å². The first-order valence-electron chi connectivity index (χ1n) is 8.20. The summed E-state index contributed by atoms with van der Waals surface area (Å²) in [4.78, 5) is 18.0. The molecule has 1 heterocycles. The van der Waals surface area contributed by atoms with Crippen LogP contribution in [0.25, 0.3) is 11.0 Å². The third-order valence-electron chi connectivity index (χ3n) is 3.92. The molecule has 0 atom stereocenters. The van der Waals surface area contributed by atoms with E-state index in [9.17, 15) is 18.0 Å². The molecule has 0 unspecified atom stereocenters. The largest absolute Gasteiger partial charge is 0.416 e. The topological polar surface area (TPSA) is 69.0 Å². The SMILES string of the molecule is CC(C)c1ccc(NC(=O)COn2nnc3ccc(C(F)(F)F)cc32)cc1. The molecule has 1 amide bonds. The Morgan fingerprint density at radius 1 is 1.19 bits per heavy atom. The molecule has 142 valence electrons. The highest BCUT2D eigenvalue weighted by molar-refractivity contribution is 5.91. The second-order valence-electron chi connectivity index (χ2n) is 6.26. The number of hydrogen-bond acceptors (Lipinski definition) is 4. The van der Waals surface area contributed by atoms with Crippen molar-refractivity contribution < 1.29 is 22.8 Å². The number of fused-ring (bicyclic) bond motifs is 1. The van der Waals surface area contributed by atoms with Crippen LogP contribution in [0.2, 0.25) is 0 Å². The van der Waals surface area contributed by atoms with Crippen LogP contribution in [-0.4, -0.2) is 27.7 Å². The van der Waals surface area contributed by atoms with Crippen LogP contribution in [0.4, 0.5) is 18.9 Å². The maximum absolute atomic E-state index is 12.8. The van der Waals surface area contributed by atoms with Gasteiger partial charge in [-0.05, 0) is 47.0 Å². The van der Waals surface area contributed by atoms with Gasteiger partial charge in [0.25, 0.3) is 5.91 Å². The van der Waals surface area contributed by atoms with Gasteiger partial charge in [-0.2, -0.15) is 13.2 Å². The predicted octanol–water partition coefficient (Wildman–Crippen LogP) is 3.64. The van der Waals surface area contributed by atoms with Crippen molar-refractivity contribution in [2.75, 3.05) is 11.9 Å². The summed E-state index contributed by atoms with van der Waals surface area (Å²) in [5.74, 6) is -0.0943. The number of carbonyl (C=O) groups excluding carboxylic acids is 1. The van der Waals surface area contributed by atoms with Crippen LogP contribution < -0.4 is 10.2 Å². The first-order valence-corrected chi connectivity index (χ1v) is 8.20. The monoisotopic (exact) mass is 378 g/mol. The number of benzene rings is 2. The maximum Gasteiger partial charge on any atom is 0.416 e. The Labute approximate surface area is 152 Å². The number of rotatable bonds is 5. The Morgan fingerprint density at radius 2 is 1.89 bits per heavy atom. The average molecular weight is 378 g/mol. The van der Waals surface area contributed by atoms with Crippen LogP contribution in [0.5, 0.6) is 0 Å². The van der Waals surface area contributed by atoms with E-state index in [4.69, 9.17) is 4.84 Å². The highest BCUT2D eigenvalue weighted by Crippen LogP contribution is 2.30. The Kier molecular flexibility index (Phi) is 5.02. The lowest BCUT2D eigenvalue weighted by atomic mass is 10.0. The van der Waals surface area contributed by atoms with Gasteiger partial charge in [0.2, 0.25) is 0 Å². The summed E-state index contributed by atoms with van der Waals surface area (Å²) in [6.45, 7) is 3.70. The summed E-state index contributed by atoms with van der Waals surface area (Å²) in [7, 11) is 0. The standard InChI is InChI=1S/C18H17F3N4O2/c1-11(2)12-3-6-14(7-4-12)22-17(26)10-27-25-16-9-13(18(19,20)21)5-8-15(16)23-24-25/h3-9,11H,10H2,1-2H3,(H,22,26). The molecule has 9 heteroatoms. The van der Waals surface area contributed by atoms with E-state index in [0.29, 0.717) is 11.6 Å². The van der Waals surface area contributed by atoms with Gasteiger partial charge in [-0.25, -0.2) is 0 Å². The van der Waals surface area contributed by atoms with Crippen LogP contribution in [0.1, 0.15) is 30.9 Å². The molecule has 0 bridgehead atoms. The number of nitrogens with one attached hydrogen (secondary N) is 1. The molecular formula is C18H17F3N4O2. The minimum absolute atomic E-state index is 0.0268. The van der Waals surface area contributed by atoms with Crippen molar-refractivity contribution in [3.63, 3.8) is 0 Å². The number of anilines is 1. The van der Waals surface area contributed by atoms with E-state index in [-0.39, 0.29) is 11.0 Å². The molecule has 1 aromatic heterocycles. The van der Waals surface area contributed by atoms with Gasteiger partial charge >= 0.3 is 6.18 Å². The van der Waals surface area contributed by atoms with Gasteiger partial charge < -0.3 is 10.2 Å². The van der Waals surface area contributed by atoms with Gasteiger partial charge in [-0.1, -0.05) is 30.8 Å². The van der Waals surface area contributed by atoms with Crippen LogP contribution in [0, 0.1) is 0 Å². The smallest absolute Gasteiger partial charge is 0.385 e. The van der Waals surface area contributed by atoms with Crippen molar-refractivity contribution in [1.29, 1.82) is 0 Å². The first-order chi connectivity index (χ1) is 12.7. The fourth-order valence-electron chi connectivity index (χ4n) is 2.44. The van der Waals surface area contributed by atoms with Crippen molar-refractivity contribution in [2.24, 2.45) is 0 Å². The molecule has 27 heavy (non-hydrogen) atoms. The molecule has 3 rings (SSSR count). The van der Waals surface area contributed by atoms with Gasteiger partial charge in [0, 0.05) is 5.69 Å². The van der Waals surface area contributed by atoms with Crippen molar-refractivity contribution >= 4 is 22.6 Å². The van der Waals surface area contributed by atoms with Crippen LogP contribution in [0.15, 0.2) is 42.5 Å². The van der Waals surface area contributed by atoms with Crippen molar-refractivity contribution in [3.8, 4) is 0 Å². The Morgan fingerprint density at radius 3 is 2.52 bits per heavy atom. The summed E-state index contributed by atoms with van der Waals surface area (Å²) in [5.41, 5.74) is 1.14. The van der Waals surface area contributed by atoms with Crippen molar-refractivity contribution in [3.05, 3.63) is 53.6 Å². The van der Waals surface area contributed by atoms with E-state index in [1.807, 2.05) is 12.1 Å². The second kappa shape index (κ2) is 7.26. The van der Waals surface area contributed by atoms with E-state index in [1.54, 1.807) is 12.1 Å². The van der Waals surface area contributed by atoms with Gasteiger partial charge in [-0.15, -0.1) is 5.10 Å². The summed E-state index contributed by atoms with van der Waals surface area (Å²) >= 11 is 0. The summed E-state index contributed by atoms with van der Waals surface area (Å²) in [6, 6.07) is 10.3. The lowest BCUT2D eigenvalue weighted by molar-refractivity contribution is -0.137. The van der Waals surface area contributed by atoms with E-state index >= 15 is 0 Å². The molecule has 0 spiro atoms. The number of alkyl halides is 3. The van der Waals surface area contributed by atoms with Crippen LogP contribution in [-0.2, 0) is 11.0 Å². The van der Waals surface area contributed by atoms with Crippen LogP contribution in [0.3, 0.4) is 0 Å². The van der Waals surface area contributed by atoms with Gasteiger partial charge in [0.1, 0.15) is 11.0 Å². The number of amides is 1. The Bertz CT molecular complexity index is 949. The summed E-state index contributed by atoms with van der Waals surface area (Å²) in [6.07, 6.45) is -4.50. The maximum atomic E-state index is 12.8. The van der Waals surface area contributed by atoms with Gasteiger partial charge in [0.05, 0.1) is 5.56 Å². The van der Waals surface area contributed by atoms with E-state index in [2.05, 4.69) is 29.5 Å². The number of halogens is 3. The molecule has 0 saturated heterocycles. The minimum Gasteiger partial charge on any atom is -0.385 e. The number of carbonyl (C=O) groups is 1. The third kappa shape index (κ3) is 4.36. The molecule has 2 aromatic carbocycles. The number of hydrogen-bond donors (Lipinski definition) is 1. The molecule has 3 aromatic rings. The van der Waals surface area contributed by atoms with Gasteiger partial charge in [0.15, 0.2) is 6.61 Å². The zero-order chi connectivity index (χ0) is 19.6. The normalized spacial score (nSPS) is 11.8. The molecule has 0 fully saturated rings. The lowest BCUT2D eigenvalue weighted by Crippen LogP contribution is -2.26. The third-order valence-corrected chi connectivity index (χ3v) is 3.92. The number of aromatic nitrogens is 3. The average Bonchev–Trinajstić information content (AvgIpc) is 3.02. The summed E-state index contributed by atoms with van der Waals surface area (Å²) < 4.78 is 38.5. The van der Waals surface area contributed by atoms with Crippen LogP contribution >= 0.6 is 0 Å². The molecule has 1 N–H and O–H groups in total. The van der Waals surface area contributed by atoms with E-state index in [0.717, 1.165) is 22.5 Å². The summed E-state index contributed by atoms with van der Waals surface area (Å²) in [5, 5.41) is 9.99. The minimum atomic E-state index is -4.50. The Hall–Kier alpha value is -3.10. The highest BCUT2D eigenvalue weighted by Gasteiger charge is 2.31. The molecule has 0 radical (unpaired) electrons. The van der Waals surface area contributed by atoms with E-state index in [1.165, 1.54) is 6.07 Å². The molecule has 0 aliphatic heterocycles. The van der Waals surface area contributed by atoms with Crippen molar-refractivity contribution in [2.45, 2.75) is 25.9 Å². The number of nitrogens with zero attached hydrogens (tertiary/aromatic N) is 3. The quantitative estimate of drug-likeness (QED) is 0.736. The fourth-order valence-corrected chi connectivity index (χ4v) is 2.44. The van der Waals surface area contributed by atoms with E-state index < -0.39 is 24.3 Å². The molecule has 6 nitrogen and oxygen atoms in total. The molecule has 0 aliphatic carbocycles. The molecule has 0 aliphatic rings. The molecule has 0 saturated carbocycles. The molecular weight excluding hydrogens is 361 g/mol. The Balaban J connectivity index is 1.66. The fraction of sp³-hybridized carbons (Fsp3) is 0.278. The lowest BCUT2D eigenvalue weighted by Gasteiger charge is -2.10. The highest BCUT2D eigenvalue weighted by atomic mass is 19.4. The zero-order valence-corrected chi connectivity index (χ0v) is 14.6. The second-order valence-corrected chi connectivity index (χ2v) is 6.26. The predicted molar refractivity (Wildman–Crippen MR) is 93.1 cm³/mol. The first kappa shape index (κ1) is 18.7.